The zero-order chi connectivity index (χ0) is 23.7. The molecule has 0 spiro atoms. The average molecular weight is 487 g/mol. The van der Waals surface area contributed by atoms with Crippen LogP contribution < -0.4 is 4.90 Å². The fraction of sp³-hybridized carbons (Fsp3) is 0.148. The van der Waals surface area contributed by atoms with Crippen molar-refractivity contribution in [1.29, 1.82) is 0 Å². The number of hydrazone groups is 1. The van der Waals surface area contributed by atoms with E-state index in [0.717, 1.165) is 28.1 Å². The van der Waals surface area contributed by atoms with E-state index in [2.05, 4.69) is 17.1 Å². The highest BCUT2D eigenvalue weighted by Gasteiger charge is 2.36. The second-order valence-corrected chi connectivity index (χ2v) is 9.77. The summed E-state index contributed by atoms with van der Waals surface area (Å²) in [5.41, 5.74) is 5.17. The van der Waals surface area contributed by atoms with Crippen molar-refractivity contribution in [1.82, 2.24) is 5.01 Å². The number of thioether (sulfide) groups is 1. The predicted molar refractivity (Wildman–Crippen MR) is 142 cm³/mol. The number of amidine groups is 1. The van der Waals surface area contributed by atoms with Crippen LogP contribution in [0.15, 0.2) is 93.9 Å². The number of anilines is 1. The molecule has 34 heavy (non-hydrogen) atoms. The molecule has 0 aromatic heterocycles. The summed E-state index contributed by atoms with van der Waals surface area (Å²) in [6.07, 6.45) is 2.60. The lowest BCUT2D eigenvalue weighted by atomic mass is 9.99. The van der Waals surface area contributed by atoms with Gasteiger partial charge in [0.25, 0.3) is 5.91 Å². The van der Waals surface area contributed by atoms with E-state index in [1.165, 1.54) is 11.8 Å². The van der Waals surface area contributed by atoms with E-state index in [4.69, 9.17) is 16.7 Å². The predicted octanol–water partition coefficient (Wildman–Crippen LogP) is 6.23. The van der Waals surface area contributed by atoms with Gasteiger partial charge in [-0.3, -0.25) is 4.79 Å². The van der Waals surface area contributed by atoms with E-state index in [9.17, 15) is 4.79 Å². The third-order valence-corrected chi connectivity index (χ3v) is 7.01. The van der Waals surface area contributed by atoms with Crippen LogP contribution in [0, 0.1) is 0 Å². The van der Waals surface area contributed by atoms with Gasteiger partial charge in [-0.1, -0.05) is 66.2 Å². The highest BCUT2D eigenvalue weighted by molar-refractivity contribution is 8.18. The number of amides is 1. The van der Waals surface area contributed by atoms with E-state index in [0.29, 0.717) is 21.5 Å². The summed E-state index contributed by atoms with van der Waals surface area (Å²) in [5, 5.41) is 8.06. The van der Waals surface area contributed by atoms with E-state index in [1.54, 1.807) is 0 Å². The zero-order valence-corrected chi connectivity index (χ0v) is 20.4. The van der Waals surface area contributed by atoms with E-state index < -0.39 is 0 Å². The van der Waals surface area contributed by atoms with Gasteiger partial charge in [-0.05, 0) is 58.8 Å². The molecule has 5 rings (SSSR count). The molecule has 2 aliphatic heterocycles. The topological polar surface area (TPSA) is 48.3 Å². The highest BCUT2D eigenvalue weighted by Crippen LogP contribution is 2.39. The minimum absolute atomic E-state index is 0.0646. The molecular weight excluding hydrogens is 464 g/mol. The first-order valence-corrected chi connectivity index (χ1v) is 12.1. The molecule has 7 heteroatoms. The molecule has 0 radical (unpaired) electrons. The van der Waals surface area contributed by atoms with Crippen LogP contribution in [0.5, 0.6) is 0 Å². The molecule has 3 aromatic carbocycles. The summed E-state index contributed by atoms with van der Waals surface area (Å²) in [4.78, 5) is 19.8. The number of carbonyl (C=O) groups excluding carboxylic acids is 1. The van der Waals surface area contributed by atoms with Crippen LogP contribution in [0.25, 0.3) is 6.08 Å². The number of nitrogens with zero attached hydrogens (tertiary/aromatic N) is 4. The van der Waals surface area contributed by atoms with Crippen molar-refractivity contribution in [3.63, 3.8) is 0 Å². The molecule has 0 saturated heterocycles. The van der Waals surface area contributed by atoms with Gasteiger partial charge in [-0.15, -0.1) is 0 Å². The van der Waals surface area contributed by atoms with Gasteiger partial charge in [0.15, 0.2) is 5.17 Å². The van der Waals surface area contributed by atoms with Crippen LogP contribution in [-0.2, 0) is 4.79 Å². The lowest BCUT2D eigenvalue weighted by Crippen LogP contribution is -2.23. The summed E-state index contributed by atoms with van der Waals surface area (Å²) in [6, 6.07) is 25.9. The van der Waals surface area contributed by atoms with Crippen molar-refractivity contribution in [2.75, 3.05) is 19.0 Å². The Hall–Kier alpha value is -3.35. The zero-order valence-electron chi connectivity index (χ0n) is 18.9. The Labute approximate surface area is 208 Å². The van der Waals surface area contributed by atoms with Crippen molar-refractivity contribution < 1.29 is 4.79 Å². The smallest absolute Gasteiger partial charge is 0.286 e. The van der Waals surface area contributed by atoms with Crippen molar-refractivity contribution >= 4 is 51.9 Å². The number of benzene rings is 3. The molecule has 5 nitrogen and oxygen atoms in total. The largest absolute Gasteiger partial charge is 0.378 e. The number of carbonyl (C=O) groups is 1. The lowest BCUT2D eigenvalue weighted by Gasteiger charge is -2.22. The lowest BCUT2D eigenvalue weighted by molar-refractivity contribution is -0.113. The maximum absolute atomic E-state index is 12.8. The number of hydrogen-bond acceptors (Lipinski definition) is 5. The molecule has 3 aromatic rings. The number of hydrogen-bond donors (Lipinski definition) is 0. The monoisotopic (exact) mass is 486 g/mol. The van der Waals surface area contributed by atoms with Crippen molar-refractivity contribution in [2.45, 2.75) is 12.5 Å². The molecular formula is C27H23ClN4OS. The Kier molecular flexibility index (Phi) is 6.26. The van der Waals surface area contributed by atoms with Crippen molar-refractivity contribution in [2.24, 2.45) is 10.1 Å². The molecule has 0 N–H and O–H groups in total. The maximum Gasteiger partial charge on any atom is 0.286 e. The van der Waals surface area contributed by atoms with E-state index in [1.807, 2.05) is 96.8 Å². The van der Waals surface area contributed by atoms with Crippen LogP contribution in [0.3, 0.4) is 0 Å². The van der Waals surface area contributed by atoms with Crippen LogP contribution in [-0.4, -0.2) is 35.9 Å². The van der Waals surface area contributed by atoms with Gasteiger partial charge in [0.2, 0.25) is 0 Å². The van der Waals surface area contributed by atoms with Gasteiger partial charge in [-0.25, -0.2) is 5.01 Å². The third kappa shape index (κ3) is 4.65. The summed E-state index contributed by atoms with van der Waals surface area (Å²) in [6.45, 7) is 0. The maximum atomic E-state index is 12.8. The summed E-state index contributed by atoms with van der Waals surface area (Å²) in [5.74, 6) is -0.241. The first-order valence-electron chi connectivity index (χ1n) is 11.0. The molecule has 0 saturated carbocycles. The quantitative estimate of drug-likeness (QED) is 0.410. The van der Waals surface area contributed by atoms with Crippen LogP contribution in [0.1, 0.15) is 29.2 Å². The van der Waals surface area contributed by atoms with Crippen molar-refractivity contribution in [3.05, 3.63) is 105 Å². The minimum Gasteiger partial charge on any atom is -0.378 e. The van der Waals surface area contributed by atoms with Gasteiger partial charge >= 0.3 is 0 Å². The molecule has 1 amide bonds. The normalized spacial score (nSPS) is 18.9. The molecule has 170 valence electrons. The standard InChI is InChI=1S/C27H23ClN4OS/c1-31(2)22-14-8-18(9-15-22)16-25-26(33)29-27(34-25)32-24(20-10-12-21(28)13-11-20)17-23(30-32)19-6-4-3-5-7-19/h3-16,24H,17H2,1-2H3/b25-16-. The molecule has 1 atom stereocenters. The molecule has 0 bridgehead atoms. The fourth-order valence-electron chi connectivity index (χ4n) is 3.95. The Morgan fingerprint density at radius 1 is 1.00 bits per heavy atom. The van der Waals surface area contributed by atoms with E-state index in [-0.39, 0.29) is 11.9 Å². The molecule has 2 aliphatic rings. The Balaban J connectivity index is 1.44. The van der Waals surface area contributed by atoms with Gasteiger partial charge in [-0.2, -0.15) is 10.1 Å². The van der Waals surface area contributed by atoms with Gasteiger partial charge in [0.05, 0.1) is 16.7 Å². The van der Waals surface area contributed by atoms with Crippen LogP contribution in [0.4, 0.5) is 5.69 Å². The fourth-order valence-corrected chi connectivity index (χ4v) is 4.99. The molecule has 2 heterocycles. The SMILES string of the molecule is CN(C)c1ccc(/C=C2\SC(N3N=C(c4ccccc4)CC3c3ccc(Cl)cc3)=NC2=O)cc1. The van der Waals surface area contributed by atoms with Crippen LogP contribution >= 0.6 is 23.4 Å². The first kappa shape index (κ1) is 22.4. The van der Waals surface area contributed by atoms with Gasteiger partial charge in [0.1, 0.15) is 0 Å². The summed E-state index contributed by atoms with van der Waals surface area (Å²) in [7, 11) is 4.00. The number of aliphatic imine (C=N–C) groups is 1. The Bertz CT molecular complexity index is 1300. The summed E-state index contributed by atoms with van der Waals surface area (Å²) < 4.78 is 0. The Morgan fingerprint density at radius 2 is 1.71 bits per heavy atom. The second-order valence-electron chi connectivity index (χ2n) is 8.32. The van der Waals surface area contributed by atoms with E-state index >= 15 is 0 Å². The van der Waals surface area contributed by atoms with Gasteiger partial charge < -0.3 is 4.90 Å². The Morgan fingerprint density at radius 3 is 2.38 bits per heavy atom. The first-order chi connectivity index (χ1) is 16.5. The average Bonchev–Trinajstić information content (AvgIpc) is 3.45. The van der Waals surface area contributed by atoms with Gasteiger partial charge in [0, 0.05) is 31.2 Å². The van der Waals surface area contributed by atoms with Crippen molar-refractivity contribution in [3.8, 4) is 0 Å². The second kappa shape index (κ2) is 9.49. The number of rotatable bonds is 4. The molecule has 1 unspecified atom stereocenters. The minimum atomic E-state index is -0.241. The van der Waals surface area contributed by atoms with Crippen LogP contribution in [0.2, 0.25) is 5.02 Å². The third-order valence-electron chi connectivity index (χ3n) is 5.78. The summed E-state index contributed by atoms with van der Waals surface area (Å²) >= 11 is 7.49. The molecule has 0 fully saturated rings. The molecule has 0 aliphatic carbocycles. The highest BCUT2D eigenvalue weighted by atomic mass is 35.5. The number of halogens is 1.